The molecule has 1 atom stereocenters. The van der Waals surface area contributed by atoms with E-state index in [1.807, 2.05) is 19.1 Å². The first-order chi connectivity index (χ1) is 7.83. The summed E-state index contributed by atoms with van der Waals surface area (Å²) >= 11 is 0. The lowest BCUT2D eigenvalue weighted by Gasteiger charge is -2.16. The quantitative estimate of drug-likeness (QED) is 0.583. The fourth-order valence-corrected chi connectivity index (χ4v) is 1.60. The van der Waals surface area contributed by atoms with Crippen molar-refractivity contribution in [2.45, 2.75) is 13.0 Å². The Kier molecular flexibility index (Phi) is 3.19. The third-order valence-corrected chi connectivity index (χ3v) is 2.40. The second kappa shape index (κ2) is 4.78. The second-order valence-electron chi connectivity index (χ2n) is 3.41. The van der Waals surface area contributed by atoms with Crippen molar-refractivity contribution in [3.63, 3.8) is 0 Å². The minimum atomic E-state index is -0.178. The summed E-state index contributed by atoms with van der Waals surface area (Å²) < 4.78 is 0. The largest absolute Gasteiger partial charge is 0.271 e. The van der Waals surface area contributed by atoms with Crippen LogP contribution in [0.3, 0.4) is 0 Å². The standard InChI is InChI=1S/C11H13N5/c1-8-9(3-2-4-14-8)11(16-12)10-7-13-5-6-15-10/h2-7,11,16H,12H2,1H3. The number of aromatic nitrogens is 3. The molecule has 0 radical (unpaired) electrons. The predicted molar refractivity (Wildman–Crippen MR) is 60.2 cm³/mol. The smallest absolute Gasteiger partial charge is 0.0914 e. The molecule has 2 heterocycles. The molecule has 5 heteroatoms. The normalized spacial score (nSPS) is 12.4. The van der Waals surface area contributed by atoms with Gasteiger partial charge in [0.25, 0.3) is 0 Å². The molecule has 2 rings (SSSR count). The summed E-state index contributed by atoms with van der Waals surface area (Å²) in [6.45, 7) is 1.94. The van der Waals surface area contributed by atoms with Crippen LogP contribution in [0.2, 0.25) is 0 Å². The van der Waals surface area contributed by atoms with Crippen LogP contribution in [0.5, 0.6) is 0 Å². The highest BCUT2D eigenvalue weighted by Crippen LogP contribution is 2.20. The average Bonchev–Trinajstić information content (AvgIpc) is 2.34. The molecule has 0 saturated heterocycles. The van der Waals surface area contributed by atoms with Crippen LogP contribution in [0.15, 0.2) is 36.9 Å². The maximum absolute atomic E-state index is 5.56. The van der Waals surface area contributed by atoms with Gasteiger partial charge in [0, 0.05) is 24.3 Å². The van der Waals surface area contributed by atoms with Gasteiger partial charge in [-0.25, -0.2) is 5.43 Å². The van der Waals surface area contributed by atoms with Crippen molar-refractivity contribution in [1.82, 2.24) is 20.4 Å². The summed E-state index contributed by atoms with van der Waals surface area (Å²) in [5, 5.41) is 0. The molecule has 0 aliphatic heterocycles. The van der Waals surface area contributed by atoms with E-state index in [-0.39, 0.29) is 6.04 Å². The number of nitrogens with zero attached hydrogens (tertiary/aromatic N) is 3. The van der Waals surface area contributed by atoms with Crippen LogP contribution in [0.4, 0.5) is 0 Å². The van der Waals surface area contributed by atoms with Gasteiger partial charge >= 0.3 is 0 Å². The van der Waals surface area contributed by atoms with Gasteiger partial charge in [-0.2, -0.15) is 0 Å². The molecule has 2 aromatic heterocycles. The van der Waals surface area contributed by atoms with E-state index in [2.05, 4.69) is 20.4 Å². The van der Waals surface area contributed by atoms with Crippen molar-refractivity contribution >= 4 is 0 Å². The van der Waals surface area contributed by atoms with Crippen LogP contribution in [0, 0.1) is 6.92 Å². The minimum absolute atomic E-state index is 0.178. The van der Waals surface area contributed by atoms with Crippen LogP contribution >= 0.6 is 0 Å². The Hall–Kier alpha value is -1.85. The van der Waals surface area contributed by atoms with Crippen LogP contribution < -0.4 is 11.3 Å². The fourth-order valence-electron chi connectivity index (χ4n) is 1.60. The summed E-state index contributed by atoms with van der Waals surface area (Å²) in [7, 11) is 0. The van der Waals surface area contributed by atoms with Crippen molar-refractivity contribution in [2.24, 2.45) is 5.84 Å². The van der Waals surface area contributed by atoms with Gasteiger partial charge in [-0.15, -0.1) is 0 Å². The molecule has 1 unspecified atom stereocenters. The molecule has 2 aromatic rings. The summed E-state index contributed by atoms with van der Waals surface area (Å²) in [4.78, 5) is 12.5. The number of hydrazine groups is 1. The van der Waals surface area contributed by atoms with E-state index in [1.165, 1.54) is 0 Å². The third-order valence-electron chi connectivity index (χ3n) is 2.40. The number of pyridine rings is 1. The van der Waals surface area contributed by atoms with E-state index >= 15 is 0 Å². The van der Waals surface area contributed by atoms with Crippen LogP contribution in [0.25, 0.3) is 0 Å². The molecule has 82 valence electrons. The molecule has 3 N–H and O–H groups in total. The van der Waals surface area contributed by atoms with Gasteiger partial charge in [0.05, 0.1) is 17.9 Å². The zero-order valence-corrected chi connectivity index (χ0v) is 8.96. The van der Waals surface area contributed by atoms with E-state index in [1.54, 1.807) is 24.8 Å². The average molecular weight is 215 g/mol. The Morgan fingerprint density at radius 3 is 2.75 bits per heavy atom. The molecular formula is C11H13N5. The molecule has 0 bridgehead atoms. The number of hydrogen-bond donors (Lipinski definition) is 2. The van der Waals surface area contributed by atoms with E-state index in [0.717, 1.165) is 17.0 Å². The Morgan fingerprint density at radius 1 is 1.25 bits per heavy atom. The van der Waals surface area contributed by atoms with Gasteiger partial charge in [-0.1, -0.05) is 6.07 Å². The molecule has 0 aromatic carbocycles. The first kappa shape index (κ1) is 10.7. The van der Waals surface area contributed by atoms with Crippen molar-refractivity contribution in [3.8, 4) is 0 Å². The first-order valence-corrected chi connectivity index (χ1v) is 4.96. The number of rotatable bonds is 3. The molecule has 0 spiro atoms. The summed E-state index contributed by atoms with van der Waals surface area (Å²) in [5.74, 6) is 5.56. The van der Waals surface area contributed by atoms with E-state index < -0.39 is 0 Å². The number of hydrogen-bond acceptors (Lipinski definition) is 5. The molecule has 5 nitrogen and oxygen atoms in total. The van der Waals surface area contributed by atoms with Crippen molar-refractivity contribution in [2.75, 3.05) is 0 Å². The minimum Gasteiger partial charge on any atom is -0.271 e. The van der Waals surface area contributed by atoms with Gasteiger partial charge in [-0.3, -0.25) is 20.8 Å². The monoisotopic (exact) mass is 215 g/mol. The topological polar surface area (TPSA) is 76.7 Å². The Balaban J connectivity index is 2.41. The second-order valence-corrected chi connectivity index (χ2v) is 3.41. The maximum Gasteiger partial charge on any atom is 0.0914 e. The number of nitrogens with two attached hydrogens (primary N) is 1. The lowest BCUT2D eigenvalue weighted by molar-refractivity contribution is 0.612. The zero-order valence-electron chi connectivity index (χ0n) is 8.96. The molecule has 0 saturated carbocycles. The van der Waals surface area contributed by atoms with Crippen LogP contribution in [-0.2, 0) is 0 Å². The molecule has 0 amide bonds. The zero-order chi connectivity index (χ0) is 11.4. The van der Waals surface area contributed by atoms with Crippen molar-refractivity contribution < 1.29 is 0 Å². The van der Waals surface area contributed by atoms with Gasteiger partial charge in [0.2, 0.25) is 0 Å². The molecule has 0 aliphatic rings. The van der Waals surface area contributed by atoms with Crippen molar-refractivity contribution in [1.29, 1.82) is 0 Å². The van der Waals surface area contributed by atoms with Gasteiger partial charge in [0.15, 0.2) is 0 Å². The fraction of sp³-hybridized carbons (Fsp3) is 0.182. The maximum atomic E-state index is 5.56. The number of nitrogens with one attached hydrogen (secondary N) is 1. The lowest BCUT2D eigenvalue weighted by atomic mass is 10.0. The highest BCUT2D eigenvalue weighted by atomic mass is 15.2. The van der Waals surface area contributed by atoms with E-state index in [9.17, 15) is 0 Å². The van der Waals surface area contributed by atoms with Gasteiger partial charge in [0.1, 0.15) is 0 Å². The Morgan fingerprint density at radius 2 is 2.12 bits per heavy atom. The SMILES string of the molecule is Cc1ncccc1C(NN)c1cnccn1. The Bertz CT molecular complexity index is 457. The molecule has 16 heavy (non-hydrogen) atoms. The molecule has 0 fully saturated rings. The summed E-state index contributed by atoms with van der Waals surface area (Å²) in [6, 6.07) is 3.67. The predicted octanol–water partition coefficient (Wildman–Crippen LogP) is 0.733. The highest BCUT2D eigenvalue weighted by molar-refractivity contribution is 5.28. The van der Waals surface area contributed by atoms with E-state index in [4.69, 9.17) is 5.84 Å². The first-order valence-electron chi connectivity index (χ1n) is 4.96. The van der Waals surface area contributed by atoms with Crippen LogP contribution in [0.1, 0.15) is 23.0 Å². The van der Waals surface area contributed by atoms with Crippen molar-refractivity contribution in [3.05, 3.63) is 53.9 Å². The van der Waals surface area contributed by atoms with Gasteiger partial charge < -0.3 is 0 Å². The summed E-state index contributed by atoms with van der Waals surface area (Å²) in [6.07, 6.45) is 6.72. The van der Waals surface area contributed by atoms with Crippen LogP contribution in [-0.4, -0.2) is 15.0 Å². The molecular weight excluding hydrogens is 202 g/mol. The number of aryl methyl sites for hydroxylation is 1. The summed E-state index contributed by atoms with van der Waals surface area (Å²) in [5.41, 5.74) is 5.44. The van der Waals surface area contributed by atoms with E-state index in [0.29, 0.717) is 0 Å². The van der Waals surface area contributed by atoms with Gasteiger partial charge in [-0.05, 0) is 18.6 Å². The molecule has 0 aliphatic carbocycles. The Labute approximate surface area is 93.7 Å². The highest BCUT2D eigenvalue weighted by Gasteiger charge is 2.15. The third kappa shape index (κ3) is 2.05. The lowest BCUT2D eigenvalue weighted by Crippen LogP contribution is -2.30.